The van der Waals surface area contributed by atoms with E-state index in [9.17, 15) is 5.11 Å². The van der Waals surface area contributed by atoms with Gasteiger partial charge in [-0.2, -0.15) is 0 Å². The second kappa shape index (κ2) is 5.80. The average molecular weight is 246 g/mol. The fraction of sp³-hybridized carbons (Fsp3) is 0.231. The van der Waals surface area contributed by atoms with Crippen molar-refractivity contribution < 1.29 is 5.11 Å². The molecular formula is C13H14N2OS. The van der Waals surface area contributed by atoms with Crippen LogP contribution in [-0.2, 0) is 0 Å². The highest BCUT2D eigenvalue weighted by Gasteiger charge is 2.06. The van der Waals surface area contributed by atoms with E-state index in [1.54, 1.807) is 24.2 Å². The SMILES string of the molecule is CC[C@H](O)c1ccc(Sc2ccccn2)cn1. The molecule has 2 rings (SSSR count). The van der Waals surface area contributed by atoms with Crippen LogP contribution >= 0.6 is 11.8 Å². The molecule has 4 heteroatoms. The molecule has 0 fully saturated rings. The number of nitrogens with zero attached hydrogens (tertiary/aromatic N) is 2. The summed E-state index contributed by atoms with van der Waals surface area (Å²) in [6, 6.07) is 9.63. The van der Waals surface area contributed by atoms with Crippen molar-refractivity contribution in [3.63, 3.8) is 0 Å². The summed E-state index contributed by atoms with van der Waals surface area (Å²) in [4.78, 5) is 9.50. The number of aliphatic hydroxyl groups excluding tert-OH is 1. The Morgan fingerprint density at radius 3 is 2.71 bits per heavy atom. The minimum Gasteiger partial charge on any atom is -0.387 e. The molecule has 0 saturated heterocycles. The van der Waals surface area contributed by atoms with Gasteiger partial charge in [0.1, 0.15) is 5.03 Å². The first-order chi connectivity index (χ1) is 8.29. The van der Waals surface area contributed by atoms with E-state index in [1.165, 1.54) is 0 Å². The average Bonchev–Trinajstić information content (AvgIpc) is 2.40. The first-order valence-electron chi connectivity index (χ1n) is 5.52. The van der Waals surface area contributed by atoms with Crippen molar-refractivity contribution in [1.29, 1.82) is 0 Å². The quantitative estimate of drug-likeness (QED) is 0.900. The predicted octanol–water partition coefficient (Wildman–Crippen LogP) is 3.07. The van der Waals surface area contributed by atoms with Crippen molar-refractivity contribution in [3.05, 3.63) is 48.4 Å². The van der Waals surface area contributed by atoms with Gasteiger partial charge in [0, 0.05) is 17.3 Å². The molecule has 0 aliphatic rings. The Morgan fingerprint density at radius 1 is 1.24 bits per heavy atom. The topological polar surface area (TPSA) is 46.0 Å². The van der Waals surface area contributed by atoms with E-state index in [2.05, 4.69) is 9.97 Å². The van der Waals surface area contributed by atoms with Crippen LogP contribution in [0.5, 0.6) is 0 Å². The lowest BCUT2D eigenvalue weighted by Gasteiger charge is -2.07. The van der Waals surface area contributed by atoms with Gasteiger partial charge in [0.05, 0.1) is 11.8 Å². The zero-order valence-corrected chi connectivity index (χ0v) is 10.4. The minimum absolute atomic E-state index is 0.469. The third kappa shape index (κ3) is 3.28. The Hall–Kier alpha value is -1.39. The second-order valence-corrected chi connectivity index (χ2v) is 4.71. The van der Waals surface area contributed by atoms with E-state index in [0.29, 0.717) is 6.42 Å². The number of pyridine rings is 2. The molecule has 88 valence electrons. The third-order valence-corrected chi connectivity index (χ3v) is 3.28. The maximum absolute atomic E-state index is 9.63. The van der Waals surface area contributed by atoms with E-state index in [0.717, 1.165) is 15.6 Å². The maximum Gasteiger partial charge on any atom is 0.101 e. The maximum atomic E-state index is 9.63. The van der Waals surface area contributed by atoms with Crippen LogP contribution in [0.4, 0.5) is 0 Å². The van der Waals surface area contributed by atoms with Gasteiger partial charge in [-0.3, -0.25) is 4.98 Å². The van der Waals surface area contributed by atoms with Gasteiger partial charge in [-0.25, -0.2) is 4.98 Å². The summed E-state index contributed by atoms with van der Waals surface area (Å²) >= 11 is 1.56. The molecule has 17 heavy (non-hydrogen) atoms. The molecule has 2 heterocycles. The van der Waals surface area contributed by atoms with E-state index in [-0.39, 0.29) is 0 Å². The lowest BCUT2D eigenvalue weighted by molar-refractivity contribution is 0.169. The van der Waals surface area contributed by atoms with Gasteiger partial charge in [-0.15, -0.1) is 0 Å². The Balaban J connectivity index is 2.08. The van der Waals surface area contributed by atoms with Gasteiger partial charge in [0.2, 0.25) is 0 Å². The fourth-order valence-electron chi connectivity index (χ4n) is 1.39. The molecule has 0 aliphatic carbocycles. The Morgan fingerprint density at radius 2 is 2.12 bits per heavy atom. The summed E-state index contributed by atoms with van der Waals surface area (Å²) in [6.45, 7) is 1.93. The van der Waals surface area contributed by atoms with Crippen LogP contribution in [0.25, 0.3) is 0 Å². The molecule has 0 bridgehead atoms. The van der Waals surface area contributed by atoms with E-state index >= 15 is 0 Å². The summed E-state index contributed by atoms with van der Waals surface area (Å²) in [5.41, 5.74) is 0.720. The zero-order chi connectivity index (χ0) is 12.1. The molecular weight excluding hydrogens is 232 g/mol. The first kappa shape index (κ1) is 12.1. The minimum atomic E-state index is -0.469. The second-order valence-electron chi connectivity index (χ2n) is 3.61. The Kier molecular flexibility index (Phi) is 4.12. The molecule has 2 aromatic heterocycles. The molecule has 0 unspecified atom stereocenters. The van der Waals surface area contributed by atoms with Crippen molar-refractivity contribution in [1.82, 2.24) is 9.97 Å². The number of hydrogen-bond donors (Lipinski definition) is 1. The first-order valence-corrected chi connectivity index (χ1v) is 6.34. The molecule has 0 saturated carbocycles. The van der Waals surface area contributed by atoms with Crippen LogP contribution in [0, 0.1) is 0 Å². The third-order valence-electron chi connectivity index (χ3n) is 2.35. The van der Waals surface area contributed by atoms with Gasteiger partial charge in [-0.05, 0) is 30.7 Å². The number of hydrogen-bond acceptors (Lipinski definition) is 4. The van der Waals surface area contributed by atoms with Crippen LogP contribution in [0.2, 0.25) is 0 Å². The molecule has 0 spiro atoms. The molecule has 0 amide bonds. The van der Waals surface area contributed by atoms with Gasteiger partial charge < -0.3 is 5.11 Å². The fourth-order valence-corrected chi connectivity index (χ4v) is 2.13. The molecule has 1 atom stereocenters. The number of aliphatic hydroxyl groups is 1. The van der Waals surface area contributed by atoms with E-state index < -0.39 is 6.10 Å². The van der Waals surface area contributed by atoms with Gasteiger partial charge >= 0.3 is 0 Å². The molecule has 2 aromatic rings. The summed E-state index contributed by atoms with van der Waals surface area (Å²) in [7, 11) is 0. The smallest absolute Gasteiger partial charge is 0.101 e. The van der Waals surface area contributed by atoms with Crippen LogP contribution in [-0.4, -0.2) is 15.1 Å². The van der Waals surface area contributed by atoms with Crippen LogP contribution < -0.4 is 0 Å². The highest BCUT2D eigenvalue weighted by Crippen LogP contribution is 2.25. The van der Waals surface area contributed by atoms with Crippen molar-refractivity contribution in [3.8, 4) is 0 Å². The normalized spacial score (nSPS) is 12.4. The highest BCUT2D eigenvalue weighted by molar-refractivity contribution is 7.99. The highest BCUT2D eigenvalue weighted by atomic mass is 32.2. The van der Waals surface area contributed by atoms with E-state index in [4.69, 9.17) is 0 Å². The summed E-state index contributed by atoms with van der Waals surface area (Å²) in [5, 5.41) is 10.6. The van der Waals surface area contributed by atoms with Crippen LogP contribution in [0.3, 0.4) is 0 Å². The Bertz CT molecular complexity index is 459. The van der Waals surface area contributed by atoms with Crippen LogP contribution in [0.15, 0.2) is 52.6 Å². The lowest BCUT2D eigenvalue weighted by Crippen LogP contribution is -1.97. The zero-order valence-electron chi connectivity index (χ0n) is 9.58. The van der Waals surface area contributed by atoms with Gasteiger partial charge in [0.15, 0.2) is 0 Å². The van der Waals surface area contributed by atoms with Crippen molar-refractivity contribution in [2.24, 2.45) is 0 Å². The number of aromatic nitrogens is 2. The van der Waals surface area contributed by atoms with Crippen molar-refractivity contribution in [2.45, 2.75) is 29.4 Å². The number of rotatable bonds is 4. The Labute approximate surface area is 105 Å². The molecule has 1 N–H and O–H groups in total. The van der Waals surface area contributed by atoms with Crippen molar-refractivity contribution in [2.75, 3.05) is 0 Å². The predicted molar refractivity (Wildman–Crippen MR) is 67.8 cm³/mol. The monoisotopic (exact) mass is 246 g/mol. The molecule has 0 aromatic carbocycles. The van der Waals surface area contributed by atoms with Crippen molar-refractivity contribution >= 4 is 11.8 Å². The lowest BCUT2D eigenvalue weighted by atomic mass is 10.2. The van der Waals surface area contributed by atoms with E-state index in [1.807, 2.05) is 37.3 Å². The standard InChI is InChI=1S/C13H14N2OS/c1-2-12(16)11-7-6-10(9-15-11)17-13-5-3-4-8-14-13/h3-9,12,16H,2H2,1H3/t12-/m0/s1. The van der Waals surface area contributed by atoms with Gasteiger partial charge in [0.25, 0.3) is 0 Å². The summed E-state index contributed by atoms with van der Waals surface area (Å²) < 4.78 is 0. The largest absolute Gasteiger partial charge is 0.387 e. The summed E-state index contributed by atoms with van der Waals surface area (Å²) in [5.74, 6) is 0. The summed E-state index contributed by atoms with van der Waals surface area (Å²) in [6.07, 6.45) is 3.75. The molecule has 0 aliphatic heterocycles. The van der Waals surface area contributed by atoms with Crippen LogP contribution in [0.1, 0.15) is 25.1 Å². The molecule has 3 nitrogen and oxygen atoms in total. The molecule has 0 radical (unpaired) electrons. The van der Waals surface area contributed by atoms with Gasteiger partial charge in [-0.1, -0.05) is 24.8 Å².